The molecule has 0 aliphatic carbocycles. The van der Waals surface area contributed by atoms with Crippen LogP contribution in [0.5, 0.6) is 0 Å². The summed E-state index contributed by atoms with van der Waals surface area (Å²) in [7, 11) is 0. The Morgan fingerprint density at radius 1 is 0.763 bits per heavy atom. The molecule has 3 heterocycles. The number of nitrogen functional groups attached to an aromatic ring is 1. The van der Waals surface area contributed by atoms with Crippen molar-refractivity contribution in [1.82, 2.24) is 19.1 Å². The van der Waals surface area contributed by atoms with Crippen molar-refractivity contribution in [2.24, 2.45) is 0 Å². The van der Waals surface area contributed by atoms with Crippen LogP contribution in [0, 0.1) is 0 Å². The zero-order valence-electron chi connectivity index (χ0n) is 20.2. The number of benzene rings is 3. The van der Waals surface area contributed by atoms with Crippen LogP contribution in [0.1, 0.15) is 10.4 Å². The fraction of sp³-hybridized carbons (Fsp3) is 0. The van der Waals surface area contributed by atoms with E-state index in [1.54, 1.807) is 24.4 Å². The van der Waals surface area contributed by atoms with Crippen LogP contribution < -0.4 is 16.6 Å². The predicted molar refractivity (Wildman–Crippen MR) is 149 cm³/mol. The Kier molecular flexibility index (Phi) is 5.74. The largest absolute Gasteiger partial charge is 0.383 e. The number of carbonyl (C=O) groups excluding carboxylic acids is 1. The molecule has 3 N–H and O–H groups in total. The van der Waals surface area contributed by atoms with Gasteiger partial charge in [-0.1, -0.05) is 48.5 Å². The summed E-state index contributed by atoms with van der Waals surface area (Å²) in [5.41, 5.74) is 10.6. The average molecular weight is 499 g/mol. The van der Waals surface area contributed by atoms with E-state index in [0.717, 1.165) is 22.2 Å². The van der Waals surface area contributed by atoms with Gasteiger partial charge in [-0.05, 0) is 54.1 Å². The van der Waals surface area contributed by atoms with Gasteiger partial charge in [0, 0.05) is 35.0 Å². The molecule has 0 fully saturated rings. The van der Waals surface area contributed by atoms with Crippen molar-refractivity contribution < 1.29 is 4.79 Å². The third-order valence-corrected chi connectivity index (χ3v) is 6.33. The van der Waals surface area contributed by atoms with Crippen LogP contribution in [0.15, 0.2) is 121 Å². The van der Waals surface area contributed by atoms with Gasteiger partial charge in [-0.3, -0.25) is 14.2 Å². The second-order valence-electron chi connectivity index (χ2n) is 8.67. The van der Waals surface area contributed by atoms with Gasteiger partial charge in [0.1, 0.15) is 17.7 Å². The Hall–Kier alpha value is -5.50. The second kappa shape index (κ2) is 9.51. The molecule has 38 heavy (non-hydrogen) atoms. The summed E-state index contributed by atoms with van der Waals surface area (Å²) in [4.78, 5) is 34.7. The quantitative estimate of drug-likeness (QED) is 0.345. The molecule has 0 saturated heterocycles. The molecule has 0 bridgehead atoms. The zero-order chi connectivity index (χ0) is 26.1. The van der Waals surface area contributed by atoms with Crippen LogP contribution in [-0.4, -0.2) is 25.0 Å². The van der Waals surface area contributed by atoms with Gasteiger partial charge in [-0.2, -0.15) is 0 Å². The molecule has 6 aromatic rings. The monoisotopic (exact) mass is 498 g/mol. The van der Waals surface area contributed by atoms with Gasteiger partial charge < -0.3 is 15.6 Å². The van der Waals surface area contributed by atoms with E-state index < -0.39 is 11.5 Å². The van der Waals surface area contributed by atoms with Crippen LogP contribution in [0.2, 0.25) is 0 Å². The van der Waals surface area contributed by atoms with E-state index in [0.29, 0.717) is 22.8 Å². The van der Waals surface area contributed by atoms with Crippen molar-refractivity contribution >= 4 is 28.4 Å². The minimum Gasteiger partial charge on any atom is -0.383 e. The van der Waals surface area contributed by atoms with E-state index in [2.05, 4.69) is 15.3 Å². The highest BCUT2D eigenvalue weighted by Gasteiger charge is 2.17. The first kappa shape index (κ1) is 22.9. The van der Waals surface area contributed by atoms with E-state index in [-0.39, 0.29) is 5.56 Å². The van der Waals surface area contributed by atoms with Crippen molar-refractivity contribution in [3.63, 3.8) is 0 Å². The highest BCUT2D eigenvalue weighted by molar-refractivity contribution is 6.05. The Bertz CT molecular complexity index is 1830. The number of amides is 1. The molecule has 0 atom stereocenters. The van der Waals surface area contributed by atoms with Crippen molar-refractivity contribution in [3.05, 3.63) is 132 Å². The maximum absolute atomic E-state index is 13.0. The number of fused-ring (bicyclic) bond motifs is 1. The first-order valence-corrected chi connectivity index (χ1v) is 12.0. The Balaban J connectivity index is 1.31. The number of nitrogens with zero attached hydrogens (tertiary/aromatic N) is 4. The molecule has 0 aliphatic rings. The number of para-hydroxylation sites is 2. The lowest BCUT2D eigenvalue weighted by atomic mass is 10.1. The van der Waals surface area contributed by atoms with Crippen LogP contribution in [0.4, 0.5) is 11.5 Å². The highest BCUT2D eigenvalue weighted by atomic mass is 16.2. The molecular formula is C30H22N6O2. The standard InChI is InChI=1S/C30H22N6O2/c31-27-26-25(18-36(28(26)33-19-32-27)23-10-5-2-6-11-23)20-13-15-21(16-14-20)34-29(37)24-12-7-17-35(30(24)38)22-8-3-1-4-9-22/h1-19H,(H,34,37)(H2,31,32,33). The van der Waals surface area contributed by atoms with Gasteiger partial charge in [0.05, 0.1) is 5.39 Å². The summed E-state index contributed by atoms with van der Waals surface area (Å²) in [5, 5.41) is 3.58. The smallest absolute Gasteiger partial charge is 0.267 e. The maximum Gasteiger partial charge on any atom is 0.267 e. The minimum absolute atomic E-state index is 0.0521. The minimum atomic E-state index is -0.480. The molecule has 3 aromatic heterocycles. The lowest BCUT2D eigenvalue weighted by Gasteiger charge is -2.09. The molecule has 1 amide bonds. The molecule has 0 spiro atoms. The molecule has 0 radical (unpaired) electrons. The summed E-state index contributed by atoms with van der Waals surface area (Å²) in [5.74, 6) is -0.0952. The lowest BCUT2D eigenvalue weighted by Crippen LogP contribution is -2.27. The molecule has 184 valence electrons. The molecule has 0 unspecified atom stereocenters. The number of nitrogens with one attached hydrogen (secondary N) is 1. The summed E-state index contributed by atoms with van der Waals surface area (Å²) < 4.78 is 3.43. The van der Waals surface area contributed by atoms with E-state index in [1.807, 2.05) is 83.6 Å². The number of nitrogens with two attached hydrogens (primary N) is 1. The van der Waals surface area contributed by atoms with Gasteiger partial charge in [-0.15, -0.1) is 0 Å². The van der Waals surface area contributed by atoms with Crippen LogP contribution >= 0.6 is 0 Å². The van der Waals surface area contributed by atoms with Crippen LogP contribution in [-0.2, 0) is 0 Å². The number of aromatic nitrogens is 4. The van der Waals surface area contributed by atoms with E-state index in [4.69, 9.17) is 5.73 Å². The average Bonchev–Trinajstić information content (AvgIpc) is 3.35. The second-order valence-corrected chi connectivity index (χ2v) is 8.67. The van der Waals surface area contributed by atoms with Crippen molar-refractivity contribution in [2.45, 2.75) is 0 Å². The normalized spacial score (nSPS) is 10.9. The fourth-order valence-electron chi connectivity index (χ4n) is 4.48. The molecule has 6 rings (SSSR count). The van der Waals surface area contributed by atoms with Gasteiger partial charge >= 0.3 is 0 Å². The third-order valence-electron chi connectivity index (χ3n) is 6.33. The van der Waals surface area contributed by atoms with Gasteiger partial charge in [0.25, 0.3) is 11.5 Å². The number of pyridine rings is 1. The highest BCUT2D eigenvalue weighted by Crippen LogP contribution is 2.34. The van der Waals surface area contributed by atoms with E-state index in [9.17, 15) is 9.59 Å². The van der Waals surface area contributed by atoms with Crippen molar-refractivity contribution in [2.75, 3.05) is 11.1 Å². The molecule has 0 saturated carbocycles. The van der Waals surface area contributed by atoms with E-state index in [1.165, 1.54) is 17.0 Å². The Morgan fingerprint density at radius 3 is 2.11 bits per heavy atom. The maximum atomic E-state index is 13.0. The predicted octanol–water partition coefficient (Wildman–Crippen LogP) is 5.07. The summed E-state index contributed by atoms with van der Waals surface area (Å²) in [6, 6.07) is 29.6. The topological polar surface area (TPSA) is 108 Å². The number of hydrogen-bond donors (Lipinski definition) is 2. The molecule has 0 aliphatic heterocycles. The van der Waals surface area contributed by atoms with Crippen molar-refractivity contribution in [3.8, 4) is 22.5 Å². The summed E-state index contributed by atoms with van der Waals surface area (Å²) >= 11 is 0. The van der Waals surface area contributed by atoms with Gasteiger partial charge in [0.2, 0.25) is 0 Å². The molecule has 8 nitrogen and oxygen atoms in total. The van der Waals surface area contributed by atoms with Gasteiger partial charge in [-0.25, -0.2) is 9.97 Å². The SMILES string of the molecule is Nc1ncnc2c1c(-c1ccc(NC(=O)c3cccn(-c4ccccc4)c3=O)cc1)cn2-c1ccccc1. The van der Waals surface area contributed by atoms with Crippen LogP contribution in [0.25, 0.3) is 33.5 Å². The molecule has 3 aromatic carbocycles. The summed E-state index contributed by atoms with van der Waals surface area (Å²) in [6.07, 6.45) is 5.08. The fourth-order valence-corrected chi connectivity index (χ4v) is 4.48. The Morgan fingerprint density at radius 2 is 1.42 bits per heavy atom. The number of anilines is 2. The number of carbonyl (C=O) groups is 1. The lowest BCUT2D eigenvalue weighted by molar-refractivity contribution is 0.102. The third kappa shape index (κ3) is 4.10. The van der Waals surface area contributed by atoms with Crippen LogP contribution in [0.3, 0.4) is 0 Å². The first-order chi connectivity index (χ1) is 18.6. The summed E-state index contributed by atoms with van der Waals surface area (Å²) in [6.45, 7) is 0. The van der Waals surface area contributed by atoms with E-state index >= 15 is 0 Å². The van der Waals surface area contributed by atoms with Gasteiger partial charge in [0.15, 0.2) is 5.65 Å². The first-order valence-electron chi connectivity index (χ1n) is 12.0. The molecule has 8 heteroatoms. The zero-order valence-corrected chi connectivity index (χ0v) is 20.2. The molecular weight excluding hydrogens is 476 g/mol. The number of hydrogen-bond acceptors (Lipinski definition) is 5. The number of rotatable bonds is 5. The van der Waals surface area contributed by atoms with Crippen molar-refractivity contribution in [1.29, 1.82) is 0 Å². The Labute approximate surface area is 217 Å².